The molecule has 0 aliphatic carbocycles. The normalized spacial score (nSPS) is 11.1. The monoisotopic (exact) mass is 422 g/mol. The second-order valence-corrected chi connectivity index (χ2v) is 7.78. The van der Waals surface area contributed by atoms with Crippen molar-refractivity contribution < 1.29 is 22.0 Å². The van der Waals surface area contributed by atoms with Gasteiger partial charge in [0.2, 0.25) is 0 Å². The van der Waals surface area contributed by atoms with Crippen molar-refractivity contribution in [3.05, 3.63) is 89.0 Å². The Kier molecular flexibility index (Phi) is 5.62. The van der Waals surface area contributed by atoms with Crippen LogP contribution < -0.4 is 10.0 Å². The van der Waals surface area contributed by atoms with E-state index in [-0.39, 0.29) is 26.9 Å². The molecule has 0 spiro atoms. The molecule has 3 rings (SSSR count). The van der Waals surface area contributed by atoms with Crippen LogP contribution in [0.3, 0.4) is 0 Å². The van der Waals surface area contributed by atoms with Gasteiger partial charge in [0.05, 0.1) is 26.9 Å². The molecule has 9 heteroatoms. The van der Waals surface area contributed by atoms with Crippen LogP contribution in [0.5, 0.6) is 0 Å². The van der Waals surface area contributed by atoms with Gasteiger partial charge in [-0.3, -0.25) is 9.52 Å². The summed E-state index contributed by atoms with van der Waals surface area (Å²) in [5, 5.41) is 2.53. The van der Waals surface area contributed by atoms with Crippen LogP contribution in [0.1, 0.15) is 10.4 Å². The molecule has 0 aromatic heterocycles. The molecule has 2 N–H and O–H groups in total. The fourth-order valence-corrected chi connectivity index (χ4v) is 3.65. The number of carbonyl (C=O) groups is 1. The van der Waals surface area contributed by atoms with Crippen LogP contribution in [-0.2, 0) is 10.0 Å². The first-order valence-electron chi connectivity index (χ1n) is 7.90. The van der Waals surface area contributed by atoms with E-state index in [1.165, 1.54) is 24.3 Å². The van der Waals surface area contributed by atoms with E-state index in [0.29, 0.717) is 0 Å². The Balaban J connectivity index is 1.82. The smallest absolute Gasteiger partial charge is 0.261 e. The van der Waals surface area contributed by atoms with Gasteiger partial charge in [0.15, 0.2) is 0 Å². The molecule has 0 saturated heterocycles. The maximum atomic E-state index is 14.4. The van der Waals surface area contributed by atoms with E-state index in [0.717, 1.165) is 30.3 Å². The third-order valence-electron chi connectivity index (χ3n) is 3.69. The molecule has 3 aromatic rings. The Morgan fingerprint density at radius 3 is 2.36 bits per heavy atom. The molecule has 1 amide bonds. The molecular weight excluding hydrogens is 410 g/mol. The van der Waals surface area contributed by atoms with Crippen LogP contribution in [0.2, 0.25) is 5.02 Å². The molecule has 0 radical (unpaired) electrons. The van der Waals surface area contributed by atoms with Crippen molar-refractivity contribution in [2.45, 2.75) is 4.90 Å². The molecule has 28 heavy (non-hydrogen) atoms. The fraction of sp³-hybridized carbons (Fsp3) is 0. The number of rotatable bonds is 5. The average molecular weight is 423 g/mol. The number of benzene rings is 3. The van der Waals surface area contributed by atoms with Crippen molar-refractivity contribution in [3.63, 3.8) is 0 Å². The zero-order valence-corrected chi connectivity index (χ0v) is 15.7. The number of hydrogen-bond donors (Lipinski definition) is 2. The largest absolute Gasteiger partial charge is 0.319 e. The molecule has 144 valence electrons. The Hall–Kier alpha value is -2.97. The van der Waals surface area contributed by atoms with Crippen molar-refractivity contribution >= 4 is 38.9 Å². The first-order valence-corrected chi connectivity index (χ1v) is 9.76. The highest BCUT2D eigenvalue weighted by molar-refractivity contribution is 7.92. The molecule has 0 aliphatic rings. The SMILES string of the molecule is O=C(Nc1ccc(S(=O)(=O)Nc2cccc(F)c2)cc1F)c1ccccc1Cl. The summed E-state index contributed by atoms with van der Waals surface area (Å²) in [6, 6.07) is 14.1. The maximum Gasteiger partial charge on any atom is 0.261 e. The average Bonchev–Trinajstić information content (AvgIpc) is 2.63. The van der Waals surface area contributed by atoms with Crippen LogP contribution >= 0.6 is 11.6 Å². The zero-order valence-electron chi connectivity index (χ0n) is 14.1. The molecule has 0 atom stereocenters. The Morgan fingerprint density at radius 2 is 1.68 bits per heavy atom. The van der Waals surface area contributed by atoms with E-state index in [4.69, 9.17) is 11.6 Å². The summed E-state index contributed by atoms with van der Waals surface area (Å²) in [4.78, 5) is 11.8. The highest BCUT2D eigenvalue weighted by atomic mass is 35.5. The van der Waals surface area contributed by atoms with E-state index in [1.54, 1.807) is 12.1 Å². The summed E-state index contributed by atoms with van der Waals surface area (Å²) < 4.78 is 54.4. The summed E-state index contributed by atoms with van der Waals surface area (Å²) in [5.74, 6) is -2.22. The number of halogens is 3. The third-order valence-corrected chi connectivity index (χ3v) is 5.40. The van der Waals surface area contributed by atoms with Gasteiger partial charge in [-0.15, -0.1) is 0 Å². The molecular formula is C19H13ClF2N2O3S. The number of hydrogen-bond acceptors (Lipinski definition) is 3. The van der Waals surface area contributed by atoms with Gasteiger partial charge in [-0.1, -0.05) is 29.8 Å². The van der Waals surface area contributed by atoms with E-state index in [1.807, 2.05) is 0 Å². The minimum atomic E-state index is -4.15. The van der Waals surface area contributed by atoms with Gasteiger partial charge in [-0.25, -0.2) is 17.2 Å². The summed E-state index contributed by atoms with van der Waals surface area (Å²) >= 11 is 5.93. The number of nitrogens with one attached hydrogen (secondary N) is 2. The molecule has 0 bridgehead atoms. The van der Waals surface area contributed by atoms with Gasteiger partial charge in [-0.2, -0.15) is 0 Å². The van der Waals surface area contributed by atoms with E-state index in [2.05, 4.69) is 10.0 Å². The van der Waals surface area contributed by atoms with E-state index < -0.39 is 27.6 Å². The van der Waals surface area contributed by atoms with Crippen LogP contribution in [0.25, 0.3) is 0 Å². The van der Waals surface area contributed by atoms with Crippen molar-refractivity contribution in [1.29, 1.82) is 0 Å². The lowest BCUT2D eigenvalue weighted by atomic mass is 10.2. The Labute approximate surface area is 165 Å². The second kappa shape index (κ2) is 7.95. The lowest BCUT2D eigenvalue weighted by Crippen LogP contribution is -2.15. The van der Waals surface area contributed by atoms with Crippen LogP contribution in [-0.4, -0.2) is 14.3 Å². The quantitative estimate of drug-likeness (QED) is 0.627. The number of sulfonamides is 1. The van der Waals surface area contributed by atoms with Crippen molar-refractivity contribution in [3.8, 4) is 0 Å². The molecule has 3 aromatic carbocycles. The minimum Gasteiger partial charge on any atom is -0.319 e. The highest BCUT2D eigenvalue weighted by Gasteiger charge is 2.18. The number of carbonyl (C=O) groups excluding carboxylic acids is 1. The van der Waals surface area contributed by atoms with Crippen molar-refractivity contribution in [2.24, 2.45) is 0 Å². The molecule has 0 aliphatic heterocycles. The predicted octanol–water partition coefficient (Wildman–Crippen LogP) is 4.67. The third kappa shape index (κ3) is 4.47. The predicted molar refractivity (Wildman–Crippen MR) is 103 cm³/mol. The highest BCUT2D eigenvalue weighted by Crippen LogP contribution is 2.23. The van der Waals surface area contributed by atoms with Gasteiger partial charge in [-0.05, 0) is 48.5 Å². The molecule has 0 fully saturated rings. The topological polar surface area (TPSA) is 75.3 Å². The maximum absolute atomic E-state index is 14.4. The van der Waals surface area contributed by atoms with E-state index >= 15 is 0 Å². The Morgan fingerprint density at radius 1 is 0.929 bits per heavy atom. The molecule has 0 unspecified atom stereocenters. The summed E-state index contributed by atoms with van der Waals surface area (Å²) in [6.07, 6.45) is 0. The van der Waals surface area contributed by atoms with Crippen LogP contribution in [0, 0.1) is 11.6 Å². The van der Waals surface area contributed by atoms with Crippen LogP contribution in [0.4, 0.5) is 20.2 Å². The number of amides is 1. The molecule has 5 nitrogen and oxygen atoms in total. The summed E-state index contributed by atoms with van der Waals surface area (Å²) in [7, 11) is -4.15. The summed E-state index contributed by atoms with van der Waals surface area (Å²) in [6.45, 7) is 0. The van der Waals surface area contributed by atoms with Gasteiger partial charge in [0.25, 0.3) is 15.9 Å². The van der Waals surface area contributed by atoms with Gasteiger partial charge in [0, 0.05) is 0 Å². The van der Waals surface area contributed by atoms with Gasteiger partial charge < -0.3 is 5.32 Å². The number of anilines is 2. The fourth-order valence-electron chi connectivity index (χ4n) is 2.37. The van der Waals surface area contributed by atoms with Crippen molar-refractivity contribution in [2.75, 3.05) is 10.0 Å². The molecule has 0 heterocycles. The standard InChI is InChI=1S/C19H13ClF2N2O3S/c20-16-7-2-1-6-15(16)19(25)23-18-9-8-14(11-17(18)22)28(26,27)24-13-5-3-4-12(21)10-13/h1-11,24H,(H,23,25). The first kappa shape index (κ1) is 19.8. The van der Waals surface area contributed by atoms with E-state index in [9.17, 15) is 22.0 Å². The minimum absolute atomic E-state index is 0.00323. The molecule has 0 saturated carbocycles. The Bertz CT molecular complexity index is 1150. The van der Waals surface area contributed by atoms with Gasteiger partial charge >= 0.3 is 0 Å². The lowest BCUT2D eigenvalue weighted by molar-refractivity contribution is 0.102. The summed E-state index contributed by atoms with van der Waals surface area (Å²) in [5.41, 5.74) is -0.0702. The lowest BCUT2D eigenvalue weighted by Gasteiger charge is -2.11. The zero-order chi connectivity index (χ0) is 20.3. The van der Waals surface area contributed by atoms with Gasteiger partial charge in [0.1, 0.15) is 11.6 Å². The first-order chi connectivity index (χ1) is 13.3. The van der Waals surface area contributed by atoms with Crippen LogP contribution in [0.15, 0.2) is 71.6 Å². The van der Waals surface area contributed by atoms with Crippen molar-refractivity contribution in [1.82, 2.24) is 0 Å². The second-order valence-electron chi connectivity index (χ2n) is 5.69.